The number of aryl methyl sites for hydroxylation is 1. The third-order valence-corrected chi connectivity index (χ3v) is 6.68. The van der Waals surface area contributed by atoms with Crippen molar-refractivity contribution in [2.24, 2.45) is 5.92 Å². The molecule has 41 heavy (non-hydrogen) atoms. The van der Waals surface area contributed by atoms with Crippen LogP contribution in [0.25, 0.3) is 0 Å². The Kier molecular flexibility index (Phi) is 12.5. The van der Waals surface area contributed by atoms with Crippen LogP contribution in [0.15, 0.2) is 72.8 Å². The van der Waals surface area contributed by atoms with E-state index in [9.17, 15) is 9.59 Å². The van der Waals surface area contributed by atoms with Crippen molar-refractivity contribution < 1.29 is 23.8 Å². The van der Waals surface area contributed by atoms with Crippen LogP contribution >= 0.6 is 0 Å². The summed E-state index contributed by atoms with van der Waals surface area (Å²) < 4.78 is 16.9. The highest BCUT2D eigenvalue weighted by molar-refractivity contribution is 5.88. The van der Waals surface area contributed by atoms with Gasteiger partial charge in [-0.25, -0.2) is 0 Å². The molecule has 0 aromatic heterocycles. The number of hydrogen-bond acceptors (Lipinski definition) is 5. The van der Waals surface area contributed by atoms with Gasteiger partial charge in [-0.1, -0.05) is 62.4 Å². The van der Waals surface area contributed by atoms with Crippen LogP contribution in [0.2, 0.25) is 0 Å². The van der Waals surface area contributed by atoms with E-state index in [1.807, 2.05) is 86.6 Å². The van der Waals surface area contributed by atoms with E-state index < -0.39 is 6.04 Å². The summed E-state index contributed by atoms with van der Waals surface area (Å²) in [6, 6.07) is 22.6. The van der Waals surface area contributed by atoms with E-state index in [2.05, 4.69) is 19.2 Å². The average Bonchev–Trinajstić information content (AvgIpc) is 2.98. The van der Waals surface area contributed by atoms with Gasteiger partial charge in [-0.2, -0.15) is 0 Å². The molecule has 1 atom stereocenters. The molecule has 0 spiro atoms. The summed E-state index contributed by atoms with van der Waals surface area (Å²) in [5, 5.41) is 3.07. The lowest BCUT2D eigenvalue weighted by Crippen LogP contribution is -2.51. The van der Waals surface area contributed by atoms with E-state index >= 15 is 0 Å². The maximum Gasteiger partial charge on any atom is 0.243 e. The van der Waals surface area contributed by atoms with Crippen LogP contribution in [0.5, 0.6) is 17.2 Å². The number of nitrogens with zero attached hydrogens (tertiary/aromatic N) is 1. The first-order valence-corrected chi connectivity index (χ1v) is 14.5. The molecule has 0 aliphatic rings. The molecule has 0 aliphatic heterocycles. The van der Waals surface area contributed by atoms with E-state index in [4.69, 9.17) is 14.2 Å². The second kappa shape index (κ2) is 16.3. The minimum atomic E-state index is -0.672. The highest BCUT2D eigenvalue weighted by atomic mass is 16.5. The number of ether oxygens (including phenoxy) is 3. The average molecular weight is 561 g/mol. The van der Waals surface area contributed by atoms with Gasteiger partial charge >= 0.3 is 0 Å². The predicted octanol–water partition coefficient (Wildman–Crippen LogP) is 5.84. The van der Waals surface area contributed by atoms with Crippen LogP contribution < -0.4 is 19.5 Å². The first kappa shape index (κ1) is 31.5. The molecule has 220 valence electrons. The Bertz CT molecular complexity index is 1240. The molecule has 0 saturated carbocycles. The van der Waals surface area contributed by atoms with Gasteiger partial charge in [0.2, 0.25) is 11.8 Å². The van der Waals surface area contributed by atoms with Gasteiger partial charge in [0.25, 0.3) is 0 Å². The second-order valence-corrected chi connectivity index (χ2v) is 10.4. The summed E-state index contributed by atoms with van der Waals surface area (Å²) in [7, 11) is 1.62. The SMILES string of the molecule is CCOc1ccc(CCC(=O)N(Cc2cccc(OC)c2)[C@H](Cc2ccccc2)C(=O)NCC(C)C)cc1OCC. The number of carbonyl (C=O) groups excluding carboxylic acids is 2. The Morgan fingerprint density at radius 3 is 2.22 bits per heavy atom. The summed E-state index contributed by atoms with van der Waals surface area (Å²) in [6.07, 6.45) is 1.16. The molecule has 0 saturated heterocycles. The normalized spacial score (nSPS) is 11.6. The van der Waals surface area contributed by atoms with Crippen molar-refractivity contribution in [3.8, 4) is 17.2 Å². The van der Waals surface area contributed by atoms with Crippen molar-refractivity contribution in [3.63, 3.8) is 0 Å². The zero-order valence-electron chi connectivity index (χ0n) is 25.0. The Morgan fingerprint density at radius 2 is 1.54 bits per heavy atom. The first-order valence-electron chi connectivity index (χ1n) is 14.5. The van der Waals surface area contributed by atoms with Crippen LogP contribution in [0, 0.1) is 5.92 Å². The van der Waals surface area contributed by atoms with Gasteiger partial charge in [-0.05, 0) is 67.1 Å². The maximum absolute atomic E-state index is 14.0. The zero-order valence-corrected chi connectivity index (χ0v) is 25.0. The Morgan fingerprint density at radius 1 is 0.829 bits per heavy atom. The lowest BCUT2D eigenvalue weighted by molar-refractivity contribution is -0.141. The van der Waals surface area contributed by atoms with Crippen molar-refractivity contribution in [2.75, 3.05) is 26.9 Å². The van der Waals surface area contributed by atoms with E-state index in [1.54, 1.807) is 12.0 Å². The standard InChI is InChI=1S/C34H44N2O5/c1-6-40-31-18-16-27(22-32(31)41-7-2)17-19-33(37)36(24-28-14-11-15-29(20-28)39-5)30(34(38)35-23-25(3)4)21-26-12-9-8-10-13-26/h8-16,18,20,22,25,30H,6-7,17,19,21,23-24H2,1-5H3,(H,35,38)/t30-/m1/s1. The largest absolute Gasteiger partial charge is 0.497 e. The van der Waals surface area contributed by atoms with Gasteiger partial charge in [0.05, 0.1) is 20.3 Å². The highest BCUT2D eigenvalue weighted by Gasteiger charge is 2.30. The molecular formula is C34H44N2O5. The Balaban J connectivity index is 1.91. The highest BCUT2D eigenvalue weighted by Crippen LogP contribution is 2.29. The van der Waals surface area contributed by atoms with Crippen LogP contribution in [0.4, 0.5) is 0 Å². The summed E-state index contributed by atoms with van der Waals surface area (Å²) >= 11 is 0. The first-order chi connectivity index (χ1) is 19.8. The number of carbonyl (C=O) groups is 2. The van der Waals surface area contributed by atoms with Crippen LogP contribution in [-0.2, 0) is 29.0 Å². The number of hydrogen-bond donors (Lipinski definition) is 1. The molecule has 7 nitrogen and oxygen atoms in total. The number of methoxy groups -OCH3 is 1. The number of amides is 2. The summed E-state index contributed by atoms with van der Waals surface area (Å²) in [5.41, 5.74) is 2.86. The van der Waals surface area contributed by atoms with E-state index in [1.165, 1.54) is 0 Å². The molecule has 1 N–H and O–H groups in total. The molecule has 3 rings (SSSR count). The maximum atomic E-state index is 14.0. The summed E-state index contributed by atoms with van der Waals surface area (Å²) in [6.45, 7) is 9.86. The van der Waals surface area contributed by atoms with Crippen molar-refractivity contribution >= 4 is 11.8 Å². The van der Waals surface area contributed by atoms with Crippen molar-refractivity contribution in [3.05, 3.63) is 89.5 Å². The molecule has 3 aromatic rings. The number of benzene rings is 3. The Labute approximate surface area is 244 Å². The third-order valence-electron chi connectivity index (χ3n) is 6.68. The second-order valence-electron chi connectivity index (χ2n) is 10.4. The molecule has 3 aromatic carbocycles. The van der Waals surface area contributed by atoms with Gasteiger partial charge in [-0.3, -0.25) is 9.59 Å². The molecule has 0 heterocycles. The van der Waals surface area contributed by atoms with Crippen LogP contribution in [0.3, 0.4) is 0 Å². The smallest absolute Gasteiger partial charge is 0.243 e. The molecule has 7 heteroatoms. The van der Waals surface area contributed by atoms with Gasteiger partial charge < -0.3 is 24.4 Å². The summed E-state index contributed by atoms with van der Waals surface area (Å²) in [4.78, 5) is 29.3. The quantitative estimate of drug-likeness (QED) is 0.238. The van der Waals surface area contributed by atoms with Crippen molar-refractivity contribution in [2.45, 2.75) is 59.5 Å². The van der Waals surface area contributed by atoms with Crippen LogP contribution in [-0.4, -0.2) is 49.6 Å². The predicted molar refractivity (Wildman–Crippen MR) is 162 cm³/mol. The van der Waals surface area contributed by atoms with Gasteiger partial charge in [-0.15, -0.1) is 0 Å². The van der Waals surface area contributed by atoms with Gasteiger partial charge in [0.15, 0.2) is 11.5 Å². The molecule has 0 fully saturated rings. The molecule has 0 bridgehead atoms. The fraction of sp³-hybridized carbons (Fsp3) is 0.412. The van der Waals surface area contributed by atoms with E-state index in [-0.39, 0.29) is 30.7 Å². The zero-order chi connectivity index (χ0) is 29.6. The van der Waals surface area contributed by atoms with Gasteiger partial charge in [0, 0.05) is 25.9 Å². The minimum Gasteiger partial charge on any atom is -0.497 e. The number of nitrogens with one attached hydrogen (secondary N) is 1. The fourth-order valence-electron chi connectivity index (χ4n) is 4.59. The fourth-order valence-corrected chi connectivity index (χ4v) is 4.59. The number of rotatable bonds is 16. The third kappa shape index (κ3) is 9.85. The van der Waals surface area contributed by atoms with E-state index in [0.29, 0.717) is 49.8 Å². The van der Waals surface area contributed by atoms with Crippen LogP contribution in [0.1, 0.15) is 50.8 Å². The van der Waals surface area contributed by atoms with Gasteiger partial charge in [0.1, 0.15) is 11.8 Å². The lowest BCUT2D eigenvalue weighted by Gasteiger charge is -2.32. The molecular weight excluding hydrogens is 516 g/mol. The van der Waals surface area contributed by atoms with Crippen molar-refractivity contribution in [1.29, 1.82) is 0 Å². The van der Waals surface area contributed by atoms with E-state index in [0.717, 1.165) is 16.7 Å². The van der Waals surface area contributed by atoms with Crippen molar-refractivity contribution in [1.82, 2.24) is 10.2 Å². The molecule has 0 radical (unpaired) electrons. The lowest BCUT2D eigenvalue weighted by atomic mass is 10.0. The summed E-state index contributed by atoms with van der Waals surface area (Å²) in [5.74, 6) is 2.10. The molecule has 2 amide bonds. The monoisotopic (exact) mass is 560 g/mol. The Hall–Kier alpha value is -4.00. The topological polar surface area (TPSA) is 77.1 Å². The minimum absolute atomic E-state index is 0.0970. The molecule has 0 aliphatic carbocycles. The molecule has 0 unspecified atom stereocenters.